The van der Waals surface area contributed by atoms with Crippen LogP contribution in [0.1, 0.15) is 31.1 Å². The lowest BCUT2D eigenvalue weighted by Crippen LogP contribution is -2.08. The molecule has 0 aliphatic carbocycles. The van der Waals surface area contributed by atoms with Crippen molar-refractivity contribution in [3.63, 3.8) is 0 Å². The quantitative estimate of drug-likeness (QED) is 0.938. The van der Waals surface area contributed by atoms with E-state index in [1.54, 1.807) is 10.9 Å². The molecule has 2 heterocycles. The molecule has 0 aliphatic heterocycles. The highest BCUT2D eigenvalue weighted by Gasteiger charge is 2.13. The Morgan fingerprint density at radius 2 is 2.11 bits per heavy atom. The summed E-state index contributed by atoms with van der Waals surface area (Å²) in [7, 11) is 0. The van der Waals surface area contributed by atoms with E-state index in [-0.39, 0.29) is 6.61 Å². The van der Waals surface area contributed by atoms with Gasteiger partial charge < -0.3 is 5.11 Å². The van der Waals surface area contributed by atoms with Gasteiger partial charge in [0.1, 0.15) is 5.82 Å². The molecule has 1 N–H and O–H groups in total. The number of aryl methyl sites for hydroxylation is 2. The Morgan fingerprint density at radius 3 is 2.72 bits per heavy atom. The number of nitrogens with zero attached hydrogens (tertiary/aromatic N) is 4. The van der Waals surface area contributed by atoms with Crippen molar-refractivity contribution >= 4 is 15.9 Å². The Balaban J connectivity index is 2.56. The van der Waals surface area contributed by atoms with E-state index in [2.05, 4.69) is 31.0 Å². The maximum absolute atomic E-state index is 9.41. The van der Waals surface area contributed by atoms with Crippen LogP contribution < -0.4 is 0 Å². The zero-order chi connectivity index (χ0) is 13.1. The van der Waals surface area contributed by atoms with E-state index >= 15 is 0 Å². The molecule has 0 saturated heterocycles. The lowest BCUT2D eigenvalue weighted by Gasteiger charge is -2.08. The smallest absolute Gasteiger partial charge is 0.161 e. The minimum atomic E-state index is -0.0771. The Labute approximate surface area is 114 Å². The first-order valence-electron chi connectivity index (χ1n) is 5.90. The van der Waals surface area contributed by atoms with Crippen LogP contribution in [0.15, 0.2) is 16.7 Å². The summed E-state index contributed by atoms with van der Waals surface area (Å²) in [6, 6.07) is 1.84. The van der Waals surface area contributed by atoms with Crippen molar-refractivity contribution in [2.24, 2.45) is 0 Å². The number of hydrogen-bond donors (Lipinski definition) is 1. The molecule has 0 unspecified atom stereocenters. The predicted molar refractivity (Wildman–Crippen MR) is 71.5 cm³/mol. The van der Waals surface area contributed by atoms with Crippen molar-refractivity contribution in [2.75, 3.05) is 0 Å². The van der Waals surface area contributed by atoms with Crippen LogP contribution in [0, 0.1) is 0 Å². The number of halogens is 1. The monoisotopic (exact) mass is 310 g/mol. The summed E-state index contributed by atoms with van der Waals surface area (Å²) in [4.78, 5) is 8.77. The van der Waals surface area contributed by atoms with Gasteiger partial charge in [-0.05, 0) is 22.0 Å². The number of aliphatic hydroxyl groups excluding tert-OH is 1. The van der Waals surface area contributed by atoms with E-state index in [1.165, 1.54) is 0 Å². The summed E-state index contributed by atoms with van der Waals surface area (Å²) in [5, 5.41) is 13.8. The normalized spacial score (nSPS) is 10.9. The highest BCUT2D eigenvalue weighted by molar-refractivity contribution is 9.10. The summed E-state index contributed by atoms with van der Waals surface area (Å²) in [6.45, 7) is 3.96. The van der Waals surface area contributed by atoms with Crippen LogP contribution >= 0.6 is 15.9 Å². The topological polar surface area (TPSA) is 63.8 Å². The first-order valence-corrected chi connectivity index (χ1v) is 6.69. The molecule has 96 valence electrons. The van der Waals surface area contributed by atoms with E-state index in [4.69, 9.17) is 0 Å². The lowest BCUT2D eigenvalue weighted by molar-refractivity contribution is 0.280. The van der Waals surface area contributed by atoms with E-state index in [1.807, 2.05) is 19.9 Å². The lowest BCUT2D eigenvalue weighted by atomic mass is 10.2. The molecule has 0 radical (unpaired) electrons. The number of hydrogen-bond acceptors (Lipinski definition) is 4. The molecule has 2 rings (SSSR count). The van der Waals surface area contributed by atoms with Crippen molar-refractivity contribution in [1.82, 2.24) is 19.7 Å². The van der Waals surface area contributed by atoms with Crippen molar-refractivity contribution in [2.45, 2.75) is 33.3 Å². The maximum Gasteiger partial charge on any atom is 0.161 e. The molecule has 6 heteroatoms. The molecule has 2 aromatic rings. The van der Waals surface area contributed by atoms with Crippen molar-refractivity contribution in [3.8, 4) is 5.82 Å². The van der Waals surface area contributed by atoms with Gasteiger partial charge in [0.15, 0.2) is 11.6 Å². The first-order chi connectivity index (χ1) is 8.69. The molecule has 0 bridgehead atoms. The third-order valence-electron chi connectivity index (χ3n) is 2.63. The predicted octanol–water partition coefficient (Wildman–Crippen LogP) is 2.04. The highest BCUT2D eigenvalue weighted by Crippen LogP contribution is 2.18. The standard InChI is InChI=1S/C12H15BrN4O/c1-3-10-15-11(4-2)17(16-10)12-8(7-18)5-9(13)6-14-12/h5-6,18H,3-4,7H2,1-2H3. The summed E-state index contributed by atoms with van der Waals surface area (Å²) < 4.78 is 2.56. The molecule has 0 spiro atoms. The van der Waals surface area contributed by atoms with E-state index in [9.17, 15) is 5.11 Å². The van der Waals surface area contributed by atoms with Gasteiger partial charge in [-0.25, -0.2) is 9.97 Å². The third kappa shape index (κ3) is 2.44. The van der Waals surface area contributed by atoms with Gasteiger partial charge >= 0.3 is 0 Å². The Kier molecular flexibility index (Phi) is 4.08. The van der Waals surface area contributed by atoms with Crippen molar-refractivity contribution in [3.05, 3.63) is 33.9 Å². The van der Waals surface area contributed by atoms with Crippen LogP contribution in [0.5, 0.6) is 0 Å². The molecule has 5 nitrogen and oxygen atoms in total. The molecule has 0 fully saturated rings. The van der Waals surface area contributed by atoms with Crippen molar-refractivity contribution < 1.29 is 5.11 Å². The third-order valence-corrected chi connectivity index (χ3v) is 3.06. The van der Waals surface area contributed by atoms with Crippen LogP contribution in [-0.4, -0.2) is 24.9 Å². The fourth-order valence-corrected chi connectivity index (χ4v) is 2.10. The number of pyridine rings is 1. The molecule has 0 aliphatic rings. The minimum Gasteiger partial charge on any atom is -0.392 e. The van der Waals surface area contributed by atoms with E-state index in [0.29, 0.717) is 5.82 Å². The average Bonchev–Trinajstić information content (AvgIpc) is 2.81. The van der Waals surface area contributed by atoms with Crippen molar-refractivity contribution in [1.29, 1.82) is 0 Å². The summed E-state index contributed by atoms with van der Waals surface area (Å²) >= 11 is 3.35. The largest absolute Gasteiger partial charge is 0.392 e. The number of aliphatic hydroxyl groups is 1. The van der Waals surface area contributed by atoms with Crippen LogP contribution in [0.25, 0.3) is 5.82 Å². The molecule has 0 saturated carbocycles. The number of aromatic nitrogens is 4. The van der Waals surface area contributed by atoms with E-state index < -0.39 is 0 Å². The van der Waals surface area contributed by atoms with Crippen LogP contribution in [0.4, 0.5) is 0 Å². The van der Waals surface area contributed by atoms with Gasteiger partial charge in [0.2, 0.25) is 0 Å². The summed E-state index contributed by atoms with van der Waals surface area (Å²) in [5.74, 6) is 2.29. The molecule has 0 atom stereocenters. The molecule has 0 amide bonds. The van der Waals surface area contributed by atoms with Gasteiger partial charge in [0.05, 0.1) is 6.61 Å². The fourth-order valence-electron chi connectivity index (χ4n) is 1.72. The molecule has 2 aromatic heterocycles. The summed E-state index contributed by atoms with van der Waals surface area (Å²) in [5.41, 5.74) is 0.728. The SMILES string of the molecule is CCc1nc(CC)n(-c2ncc(Br)cc2CO)n1. The van der Waals surface area contributed by atoms with Gasteiger partial charge in [-0.15, -0.1) is 5.10 Å². The summed E-state index contributed by atoms with van der Waals surface area (Å²) in [6.07, 6.45) is 3.25. The highest BCUT2D eigenvalue weighted by atomic mass is 79.9. The Bertz CT molecular complexity index is 553. The van der Waals surface area contributed by atoms with Gasteiger partial charge in [-0.2, -0.15) is 4.68 Å². The van der Waals surface area contributed by atoms with Crippen LogP contribution in [-0.2, 0) is 19.4 Å². The molecule has 0 aromatic carbocycles. The van der Waals surface area contributed by atoms with Gasteiger partial charge in [-0.3, -0.25) is 0 Å². The zero-order valence-corrected chi connectivity index (χ0v) is 12.0. The van der Waals surface area contributed by atoms with Crippen LogP contribution in [0.2, 0.25) is 0 Å². The molecular formula is C12H15BrN4O. The first kappa shape index (κ1) is 13.2. The molecule has 18 heavy (non-hydrogen) atoms. The second kappa shape index (κ2) is 5.58. The minimum absolute atomic E-state index is 0.0771. The van der Waals surface area contributed by atoms with Gasteiger partial charge in [-0.1, -0.05) is 13.8 Å². The Morgan fingerprint density at radius 1 is 1.33 bits per heavy atom. The fraction of sp³-hybridized carbons (Fsp3) is 0.417. The molecular weight excluding hydrogens is 296 g/mol. The van der Waals surface area contributed by atoms with E-state index in [0.717, 1.165) is 34.5 Å². The van der Waals surface area contributed by atoms with Gasteiger partial charge in [0.25, 0.3) is 0 Å². The second-order valence-electron chi connectivity index (χ2n) is 3.86. The second-order valence-corrected chi connectivity index (χ2v) is 4.77. The average molecular weight is 311 g/mol. The zero-order valence-electron chi connectivity index (χ0n) is 10.4. The number of rotatable bonds is 4. The Hall–Kier alpha value is -1.27. The van der Waals surface area contributed by atoms with Crippen LogP contribution in [0.3, 0.4) is 0 Å². The van der Waals surface area contributed by atoms with Gasteiger partial charge in [0, 0.05) is 29.1 Å². The maximum atomic E-state index is 9.41.